The lowest BCUT2D eigenvalue weighted by molar-refractivity contribution is 0.611. The zero-order valence-electron chi connectivity index (χ0n) is 8.54. The minimum atomic E-state index is 0.768. The van der Waals surface area contributed by atoms with Crippen LogP contribution in [0.2, 0.25) is 0 Å². The average molecular weight is 217 g/mol. The lowest BCUT2D eigenvalue weighted by Crippen LogP contribution is -2.14. The van der Waals surface area contributed by atoms with Gasteiger partial charge in [-0.15, -0.1) is 16.7 Å². The number of nitrogens with one attached hydrogen (secondary N) is 1. The molecule has 0 amide bonds. The monoisotopic (exact) mass is 216 g/mol. The van der Waals surface area contributed by atoms with Gasteiger partial charge in [0, 0.05) is 25.7 Å². The normalized spacial score (nSPS) is 10.7. The van der Waals surface area contributed by atoms with Crippen molar-refractivity contribution in [3.8, 4) is 0 Å². The van der Waals surface area contributed by atoms with E-state index in [1.165, 1.54) is 12.8 Å². The van der Waals surface area contributed by atoms with Gasteiger partial charge < -0.3 is 5.32 Å². The van der Waals surface area contributed by atoms with Gasteiger partial charge in [0.15, 0.2) is 0 Å². The number of alkyl halides is 1. The van der Waals surface area contributed by atoms with Crippen LogP contribution < -0.4 is 5.32 Å². The third kappa shape index (κ3) is 4.58. The third-order valence-electron chi connectivity index (χ3n) is 1.94. The van der Waals surface area contributed by atoms with Crippen molar-refractivity contribution < 1.29 is 0 Å². The lowest BCUT2D eigenvalue weighted by Gasteiger charge is -2.00. The van der Waals surface area contributed by atoms with Gasteiger partial charge in [-0.1, -0.05) is 11.6 Å². The van der Waals surface area contributed by atoms with E-state index in [-0.39, 0.29) is 0 Å². The smallest absolute Gasteiger partial charge is 0.0964 e. The van der Waals surface area contributed by atoms with Crippen molar-refractivity contribution in [2.24, 2.45) is 7.05 Å². The largest absolute Gasteiger partial charge is 0.311 e. The summed E-state index contributed by atoms with van der Waals surface area (Å²) < 4.78 is 1.71. The topological polar surface area (TPSA) is 42.7 Å². The summed E-state index contributed by atoms with van der Waals surface area (Å²) in [6.45, 7) is 1.82. The van der Waals surface area contributed by atoms with Gasteiger partial charge in [0.2, 0.25) is 0 Å². The van der Waals surface area contributed by atoms with Crippen LogP contribution in [0.3, 0.4) is 0 Å². The first kappa shape index (κ1) is 11.5. The van der Waals surface area contributed by atoms with Gasteiger partial charge in [0.1, 0.15) is 0 Å². The maximum Gasteiger partial charge on any atom is 0.0964 e. The maximum atomic E-state index is 5.57. The molecule has 0 bridgehead atoms. The molecule has 1 aromatic heterocycles. The summed E-state index contributed by atoms with van der Waals surface area (Å²) in [6, 6.07) is 0. The number of nitrogens with zero attached hydrogens (tertiary/aromatic N) is 3. The number of unbranched alkanes of at least 4 members (excludes halogenated alkanes) is 2. The summed E-state index contributed by atoms with van der Waals surface area (Å²) in [5, 5.41) is 11.1. The van der Waals surface area contributed by atoms with E-state index in [4.69, 9.17) is 11.6 Å². The fourth-order valence-corrected chi connectivity index (χ4v) is 1.40. The Hall–Kier alpha value is -0.610. The number of halogens is 1. The van der Waals surface area contributed by atoms with Crippen LogP contribution in [0.5, 0.6) is 0 Å². The molecule has 0 fully saturated rings. The molecule has 4 nitrogen and oxygen atoms in total. The van der Waals surface area contributed by atoms with E-state index >= 15 is 0 Å². The summed E-state index contributed by atoms with van der Waals surface area (Å²) >= 11 is 5.57. The molecule has 0 unspecified atom stereocenters. The number of aromatic nitrogens is 3. The summed E-state index contributed by atoms with van der Waals surface area (Å²) in [4.78, 5) is 0. The quantitative estimate of drug-likeness (QED) is 0.552. The van der Waals surface area contributed by atoms with Gasteiger partial charge in [-0.25, -0.2) is 0 Å². The second-order valence-corrected chi connectivity index (χ2v) is 3.69. The van der Waals surface area contributed by atoms with Gasteiger partial charge in [-0.2, -0.15) is 0 Å². The molecule has 0 aliphatic heterocycles. The van der Waals surface area contributed by atoms with Crippen molar-refractivity contribution in [3.05, 3.63) is 11.9 Å². The molecular weight excluding hydrogens is 200 g/mol. The molecule has 1 aromatic rings. The first-order valence-electron chi connectivity index (χ1n) is 4.95. The number of aryl methyl sites for hydroxylation is 1. The SMILES string of the molecule is Cn1cc(CNCCCCCCl)nn1. The molecule has 1 rings (SSSR count). The third-order valence-corrected chi connectivity index (χ3v) is 2.21. The highest BCUT2D eigenvalue weighted by Crippen LogP contribution is 1.96. The second kappa shape index (κ2) is 6.79. The van der Waals surface area contributed by atoms with Crippen LogP contribution >= 0.6 is 11.6 Å². The fourth-order valence-electron chi connectivity index (χ4n) is 1.21. The van der Waals surface area contributed by atoms with Crippen LogP contribution in [0.15, 0.2) is 6.20 Å². The first-order chi connectivity index (χ1) is 6.83. The van der Waals surface area contributed by atoms with Crippen molar-refractivity contribution in [2.45, 2.75) is 25.8 Å². The van der Waals surface area contributed by atoms with E-state index in [1.54, 1.807) is 4.68 Å². The Morgan fingerprint density at radius 3 is 2.93 bits per heavy atom. The lowest BCUT2D eigenvalue weighted by atomic mass is 10.2. The van der Waals surface area contributed by atoms with E-state index in [1.807, 2.05) is 13.2 Å². The second-order valence-electron chi connectivity index (χ2n) is 3.31. The van der Waals surface area contributed by atoms with Crippen LogP contribution in [0.25, 0.3) is 0 Å². The molecule has 0 aliphatic carbocycles. The average Bonchev–Trinajstić information content (AvgIpc) is 2.58. The van der Waals surface area contributed by atoms with E-state index in [0.29, 0.717) is 0 Å². The molecule has 14 heavy (non-hydrogen) atoms. The molecule has 0 atom stereocenters. The minimum Gasteiger partial charge on any atom is -0.311 e. The Kier molecular flexibility index (Phi) is 5.56. The van der Waals surface area contributed by atoms with Crippen LogP contribution in [0.4, 0.5) is 0 Å². The molecule has 5 heteroatoms. The standard InChI is InChI=1S/C9H17ClN4/c1-14-8-9(12-13-14)7-11-6-4-2-3-5-10/h8,11H,2-7H2,1H3. The molecule has 0 aromatic carbocycles. The Labute approximate surface area is 89.6 Å². The summed E-state index contributed by atoms with van der Waals surface area (Å²) in [7, 11) is 1.87. The first-order valence-corrected chi connectivity index (χ1v) is 5.48. The predicted octanol–water partition coefficient (Wildman–Crippen LogP) is 1.31. The molecule has 1 N–H and O–H groups in total. The van der Waals surface area contributed by atoms with Gasteiger partial charge in [0.25, 0.3) is 0 Å². The summed E-state index contributed by atoms with van der Waals surface area (Å²) in [6.07, 6.45) is 5.39. The van der Waals surface area contributed by atoms with Gasteiger partial charge in [0.05, 0.1) is 5.69 Å². The number of hydrogen-bond donors (Lipinski definition) is 1. The molecule has 0 saturated carbocycles. The van der Waals surface area contributed by atoms with E-state index < -0.39 is 0 Å². The molecule has 0 spiro atoms. The highest BCUT2D eigenvalue weighted by Gasteiger charge is 1.96. The molecule has 0 radical (unpaired) electrons. The van der Waals surface area contributed by atoms with Gasteiger partial charge in [-0.05, 0) is 19.4 Å². The summed E-state index contributed by atoms with van der Waals surface area (Å²) in [5.41, 5.74) is 0.991. The zero-order chi connectivity index (χ0) is 10.2. The van der Waals surface area contributed by atoms with Crippen molar-refractivity contribution in [1.82, 2.24) is 20.3 Å². The predicted molar refractivity (Wildman–Crippen MR) is 57.3 cm³/mol. The van der Waals surface area contributed by atoms with E-state index in [0.717, 1.165) is 31.1 Å². The molecule has 0 aliphatic rings. The Bertz CT molecular complexity index is 249. The van der Waals surface area contributed by atoms with Gasteiger partial charge >= 0.3 is 0 Å². The summed E-state index contributed by atoms with van der Waals surface area (Å²) in [5.74, 6) is 0.768. The van der Waals surface area contributed by atoms with E-state index in [9.17, 15) is 0 Å². The fraction of sp³-hybridized carbons (Fsp3) is 0.778. The van der Waals surface area contributed by atoms with Crippen LogP contribution in [-0.2, 0) is 13.6 Å². The van der Waals surface area contributed by atoms with Crippen molar-refractivity contribution in [3.63, 3.8) is 0 Å². The Morgan fingerprint density at radius 2 is 2.29 bits per heavy atom. The molecule has 80 valence electrons. The van der Waals surface area contributed by atoms with Crippen LogP contribution in [-0.4, -0.2) is 27.4 Å². The van der Waals surface area contributed by atoms with E-state index in [2.05, 4.69) is 15.6 Å². The molecule has 1 heterocycles. The van der Waals surface area contributed by atoms with Crippen LogP contribution in [0, 0.1) is 0 Å². The highest BCUT2D eigenvalue weighted by molar-refractivity contribution is 6.17. The van der Waals surface area contributed by atoms with Crippen LogP contribution in [0.1, 0.15) is 25.0 Å². The van der Waals surface area contributed by atoms with Crippen molar-refractivity contribution in [1.29, 1.82) is 0 Å². The zero-order valence-corrected chi connectivity index (χ0v) is 9.30. The minimum absolute atomic E-state index is 0.768. The maximum absolute atomic E-state index is 5.57. The Balaban J connectivity index is 1.99. The van der Waals surface area contributed by atoms with Crippen molar-refractivity contribution >= 4 is 11.6 Å². The van der Waals surface area contributed by atoms with Crippen molar-refractivity contribution in [2.75, 3.05) is 12.4 Å². The molecular formula is C9H17ClN4. The highest BCUT2D eigenvalue weighted by atomic mass is 35.5. The number of rotatable bonds is 7. The Morgan fingerprint density at radius 1 is 1.43 bits per heavy atom. The number of hydrogen-bond acceptors (Lipinski definition) is 3. The molecule has 0 saturated heterocycles. The van der Waals surface area contributed by atoms with Gasteiger partial charge in [-0.3, -0.25) is 4.68 Å².